The van der Waals surface area contributed by atoms with Crippen molar-refractivity contribution in [1.82, 2.24) is 4.57 Å². The van der Waals surface area contributed by atoms with E-state index >= 15 is 0 Å². The van der Waals surface area contributed by atoms with E-state index in [1.54, 1.807) is 19.3 Å². The van der Waals surface area contributed by atoms with Gasteiger partial charge in [-0.05, 0) is 64.5 Å². The smallest absolute Gasteiger partial charge is 0.255 e. The number of nitrogens with one attached hydrogen (secondary N) is 1. The number of halogens is 1. The van der Waals surface area contributed by atoms with E-state index in [4.69, 9.17) is 0 Å². The first-order chi connectivity index (χ1) is 10.0. The number of rotatable bonds is 2. The van der Waals surface area contributed by atoms with E-state index in [1.165, 1.54) is 21.8 Å². The van der Waals surface area contributed by atoms with Gasteiger partial charge >= 0.3 is 0 Å². The van der Waals surface area contributed by atoms with Crippen LogP contribution in [0.5, 0.6) is 0 Å². The highest BCUT2D eigenvalue weighted by molar-refractivity contribution is 9.10. The maximum atomic E-state index is 12.2. The molecule has 1 aromatic heterocycles. The predicted octanol–water partition coefficient (Wildman–Crippen LogP) is 2.89. The lowest BCUT2D eigenvalue weighted by Gasteiger charge is -2.10. The Morgan fingerprint density at radius 3 is 2.67 bits per heavy atom. The molecule has 0 aliphatic heterocycles. The number of nitrogens with zero attached hydrogens (tertiary/aromatic N) is 1. The fourth-order valence-electron chi connectivity index (χ4n) is 2.57. The van der Waals surface area contributed by atoms with Crippen molar-refractivity contribution in [3.8, 4) is 0 Å². The summed E-state index contributed by atoms with van der Waals surface area (Å²) in [5, 5.41) is 2.87. The van der Waals surface area contributed by atoms with Crippen molar-refractivity contribution in [1.29, 1.82) is 0 Å². The van der Waals surface area contributed by atoms with Gasteiger partial charge in [0.15, 0.2) is 0 Å². The summed E-state index contributed by atoms with van der Waals surface area (Å²) >= 11 is 3.50. The SMILES string of the molecule is Cn1ccc(C(=O)Nc2cc3c(cc2Br)CCC3)cc1=O. The molecule has 3 rings (SSSR count). The van der Waals surface area contributed by atoms with Crippen molar-refractivity contribution >= 4 is 27.5 Å². The van der Waals surface area contributed by atoms with Crippen LogP contribution in [0.1, 0.15) is 27.9 Å². The van der Waals surface area contributed by atoms with Gasteiger partial charge < -0.3 is 9.88 Å². The molecule has 4 nitrogen and oxygen atoms in total. The average Bonchev–Trinajstić information content (AvgIpc) is 2.89. The van der Waals surface area contributed by atoms with E-state index in [0.29, 0.717) is 5.56 Å². The number of benzene rings is 1. The Morgan fingerprint density at radius 1 is 1.24 bits per heavy atom. The van der Waals surface area contributed by atoms with Crippen molar-refractivity contribution < 1.29 is 4.79 Å². The normalized spacial score (nSPS) is 13.0. The number of anilines is 1. The molecule has 5 heteroatoms. The first kappa shape index (κ1) is 14.1. The molecule has 0 saturated carbocycles. The van der Waals surface area contributed by atoms with Gasteiger partial charge in [0.2, 0.25) is 0 Å². The number of aromatic nitrogens is 1. The fraction of sp³-hybridized carbons (Fsp3) is 0.250. The Kier molecular flexibility index (Phi) is 3.68. The summed E-state index contributed by atoms with van der Waals surface area (Å²) in [6.07, 6.45) is 4.90. The minimum absolute atomic E-state index is 0.198. The van der Waals surface area contributed by atoms with Crippen molar-refractivity contribution in [2.75, 3.05) is 5.32 Å². The van der Waals surface area contributed by atoms with Crippen LogP contribution in [0, 0.1) is 0 Å². The van der Waals surface area contributed by atoms with Gasteiger partial charge in [0.1, 0.15) is 0 Å². The van der Waals surface area contributed by atoms with Gasteiger partial charge in [-0.3, -0.25) is 9.59 Å². The summed E-state index contributed by atoms with van der Waals surface area (Å²) in [6, 6.07) is 7.07. The number of hydrogen-bond donors (Lipinski definition) is 1. The summed E-state index contributed by atoms with van der Waals surface area (Å²) in [5.41, 5.74) is 3.55. The van der Waals surface area contributed by atoms with Gasteiger partial charge in [-0.15, -0.1) is 0 Å². The van der Waals surface area contributed by atoms with E-state index in [1.807, 2.05) is 6.07 Å². The molecular weight excluding hydrogens is 332 g/mol. The Bertz CT molecular complexity index is 780. The lowest BCUT2D eigenvalue weighted by molar-refractivity contribution is 0.102. The van der Waals surface area contributed by atoms with E-state index < -0.39 is 0 Å². The first-order valence-corrected chi connectivity index (χ1v) is 7.63. The summed E-state index contributed by atoms with van der Waals surface area (Å²) in [5.74, 6) is -0.272. The molecule has 1 aromatic carbocycles. The number of hydrogen-bond acceptors (Lipinski definition) is 2. The molecule has 1 amide bonds. The topological polar surface area (TPSA) is 51.1 Å². The molecule has 0 spiro atoms. The Morgan fingerprint density at radius 2 is 1.95 bits per heavy atom. The van der Waals surface area contributed by atoms with Gasteiger partial charge in [0, 0.05) is 29.3 Å². The molecule has 0 unspecified atom stereocenters. The van der Waals surface area contributed by atoms with Crippen LogP contribution in [0.2, 0.25) is 0 Å². The number of amides is 1. The molecule has 0 atom stereocenters. The van der Waals surface area contributed by atoms with Crippen LogP contribution >= 0.6 is 15.9 Å². The summed E-state index contributed by atoms with van der Waals surface area (Å²) in [4.78, 5) is 23.8. The Hall–Kier alpha value is -1.88. The molecule has 2 aromatic rings. The number of aryl methyl sites for hydroxylation is 3. The predicted molar refractivity (Wildman–Crippen MR) is 85.8 cm³/mol. The molecule has 1 N–H and O–H groups in total. The van der Waals surface area contributed by atoms with Gasteiger partial charge in [0.05, 0.1) is 5.69 Å². The molecule has 0 saturated heterocycles. The molecular formula is C16H15BrN2O2. The maximum absolute atomic E-state index is 12.2. The minimum atomic E-state index is -0.272. The molecule has 0 fully saturated rings. The summed E-state index contributed by atoms with van der Waals surface area (Å²) in [7, 11) is 1.65. The van der Waals surface area contributed by atoms with Crippen molar-refractivity contribution in [2.24, 2.45) is 7.05 Å². The maximum Gasteiger partial charge on any atom is 0.255 e. The number of carbonyl (C=O) groups is 1. The summed E-state index contributed by atoms with van der Waals surface area (Å²) in [6.45, 7) is 0. The van der Waals surface area contributed by atoms with Gasteiger partial charge in [-0.2, -0.15) is 0 Å². The zero-order valence-electron chi connectivity index (χ0n) is 11.6. The second-order valence-corrected chi connectivity index (χ2v) is 6.13. The third kappa shape index (κ3) is 2.78. The van der Waals surface area contributed by atoms with Crippen LogP contribution in [0.15, 0.2) is 39.7 Å². The van der Waals surface area contributed by atoms with Gasteiger partial charge in [-0.25, -0.2) is 0 Å². The highest BCUT2D eigenvalue weighted by atomic mass is 79.9. The molecule has 0 radical (unpaired) electrons. The highest BCUT2D eigenvalue weighted by Gasteiger charge is 2.15. The zero-order chi connectivity index (χ0) is 15.0. The Balaban J connectivity index is 1.88. The second-order valence-electron chi connectivity index (χ2n) is 5.27. The number of fused-ring (bicyclic) bond motifs is 1. The fourth-order valence-corrected chi connectivity index (χ4v) is 3.06. The van der Waals surface area contributed by atoms with Gasteiger partial charge in [-0.1, -0.05) is 0 Å². The lowest BCUT2D eigenvalue weighted by Crippen LogP contribution is -2.20. The van der Waals surface area contributed by atoms with Crippen molar-refractivity contribution in [3.05, 3.63) is 62.0 Å². The minimum Gasteiger partial charge on any atom is -0.321 e. The van der Waals surface area contributed by atoms with Crippen LogP contribution in [0.25, 0.3) is 0 Å². The third-order valence-electron chi connectivity index (χ3n) is 3.80. The molecule has 21 heavy (non-hydrogen) atoms. The number of carbonyl (C=O) groups excluding carboxylic acids is 1. The van der Waals surface area contributed by atoms with Gasteiger partial charge in [0.25, 0.3) is 11.5 Å². The largest absolute Gasteiger partial charge is 0.321 e. The van der Waals surface area contributed by atoms with Crippen LogP contribution in [0.4, 0.5) is 5.69 Å². The van der Waals surface area contributed by atoms with E-state index in [9.17, 15) is 9.59 Å². The van der Waals surface area contributed by atoms with E-state index in [2.05, 4.69) is 27.3 Å². The molecule has 1 heterocycles. The first-order valence-electron chi connectivity index (χ1n) is 6.84. The molecule has 1 aliphatic carbocycles. The lowest BCUT2D eigenvalue weighted by atomic mass is 10.1. The highest BCUT2D eigenvalue weighted by Crippen LogP contribution is 2.31. The summed E-state index contributed by atoms with van der Waals surface area (Å²) < 4.78 is 2.31. The van der Waals surface area contributed by atoms with E-state index in [0.717, 1.165) is 29.4 Å². The van der Waals surface area contributed by atoms with Crippen LogP contribution < -0.4 is 10.9 Å². The van der Waals surface area contributed by atoms with Crippen LogP contribution in [-0.4, -0.2) is 10.5 Å². The quantitative estimate of drug-likeness (QED) is 0.908. The van der Waals surface area contributed by atoms with Crippen molar-refractivity contribution in [3.63, 3.8) is 0 Å². The van der Waals surface area contributed by atoms with E-state index in [-0.39, 0.29) is 11.5 Å². The molecule has 1 aliphatic rings. The van der Waals surface area contributed by atoms with Crippen LogP contribution in [-0.2, 0) is 19.9 Å². The van der Waals surface area contributed by atoms with Crippen molar-refractivity contribution in [2.45, 2.75) is 19.3 Å². The molecule has 108 valence electrons. The average molecular weight is 347 g/mol. The Labute approximate surface area is 130 Å². The standard InChI is InChI=1S/C16H15BrN2O2/c1-19-6-5-12(9-15(19)20)16(21)18-14-8-11-4-2-3-10(11)7-13(14)17/h5-9H,2-4H2,1H3,(H,18,21). The third-order valence-corrected chi connectivity index (χ3v) is 4.45. The monoisotopic (exact) mass is 346 g/mol. The molecule has 0 bridgehead atoms. The second kappa shape index (κ2) is 5.48. The van der Waals surface area contributed by atoms with Crippen LogP contribution in [0.3, 0.4) is 0 Å². The number of pyridine rings is 1. The zero-order valence-corrected chi connectivity index (χ0v) is 13.2.